The van der Waals surface area contributed by atoms with Crippen LogP contribution in [0.5, 0.6) is 0 Å². The molecule has 1 N–H and O–H groups in total. The molecule has 1 fully saturated rings. The van der Waals surface area contributed by atoms with Crippen LogP contribution in [-0.2, 0) is 4.79 Å². The molecule has 1 aliphatic heterocycles. The maximum absolute atomic E-state index is 11.5. The standard InChI is InChI=1S/C10H19NO2/c1-2-4-10(13)11-6-3-5-9(7-11)8-12/h9,12H,2-8H2,1H3/t9-/m0/s1. The van der Waals surface area contributed by atoms with Crippen LogP contribution in [0.25, 0.3) is 0 Å². The number of aliphatic hydroxyl groups excluding tert-OH is 1. The van der Waals surface area contributed by atoms with Crippen molar-refractivity contribution in [3.05, 3.63) is 0 Å². The highest BCUT2D eigenvalue weighted by Crippen LogP contribution is 2.16. The van der Waals surface area contributed by atoms with Gasteiger partial charge in [-0.15, -0.1) is 0 Å². The van der Waals surface area contributed by atoms with Crippen LogP contribution >= 0.6 is 0 Å². The highest BCUT2D eigenvalue weighted by Gasteiger charge is 2.21. The molecule has 0 radical (unpaired) electrons. The zero-order valence-corrected chi connectivity index (χ0v) is 8.33. The lowest BCUT2D eigenvalue weighted by molar-refractivity contribution is -0.133. The number of likely N-dealkylation sites (tertiary alicyclic amines) is 1. The first-order chi connectivity index (χ1) is 6.27. The van der Waals surface area contributed by atoms with Gasteiger partial charge < -0.3 is 10.0 Å². The van der Waals surface area contributed by atoms with E-state index in [2.05, 4.69) is 0 Å². The molecule has 0 aromatic carbocycles. The van der Waals surface area contributed by atoms with Crippen LogP contribution in [0.2, 0.25) is 0 Å². The van der Waals surface area contributed by atoms with E-state index in [1.54, 1.807) is 0 Å². The number of hydrogen-bond acceptors (Lipinski definition) is 2. The molecule has 76 valence electrons. The summed E-state index contributed by atoms with van der Waals surface area (Å²) in [6, 6.07) is 0. The predicted molar refractivity (Wildman–Crippen MR) is 51.3 cm³/mol. The fourth-order valence-corrected chi connectivity index (χ4v) is 1.81. The van der Waals surface area contributed by atoms with Crippen LogP contribution in [0.1, 0.15) is 32.6 Å². The maximum atomic E-state index is 11.5. The molecule has 0 bridgehead atoms. The summed E-state index contributed by atoms with van der Waals surface area (Å²) in [6.07, 6.45) is 3.67. The fraction of sp³-hybridized carbons (Fsp3) is 0.900. The van der Waals surface area contributed by atoms with Gasteiger partial charge in [0.2, 0.25) is 5.91 Å². The lowest BCUT2D eigenvalue weighted by Gasteiger charge is -2.31. The van der Waals surface area contributed by atoms with Crippen molar-refractivity contribution in [2.24, 2.45) is 5.92 Å². The third kappa shape index (κ3) is 2.99. The van der Waals surface area contributed by atoms with E-state index in [9.17, 15) is 4.79 Å². The Kier molecular flexibility index (Phi) is 4.22. The number of carbonyl (C=O) groups excluding carboxylic acids is 1. The number of carbonyl (C=O) groups is 1. The molecule has 0 aromatic heterocycles. The van der Waals surface area contributed by atoms with Crippen molar-refractivity contribution in [1.82, 2.24) is 4.90 Å². The molecule has 0 unspecified atom stereocenters. The van der Waals surface area contributed by atoms with E-state index in [4.69, 9.17) is 5.11 Å². The summed E-state index contributed by atoms with van der Waals surface area (Å²) in [5, 5.41) is 8.98. The van der Waals surface area contributed by atoms with E-state index < -0.39 is 0 Å². The normalized spacial score (nSPS) is 23.2. The van der Waals surface area contributed by atoms with Crippen molar-refractivity contribution in [2.45, 2.75) is 32.6 Å². The minimum absolute atomic E-state index is 0.218. The Balaban J connectivity index is 2.37. The molecule has 1 aliphatic rings. The highest BCUT2D eigenvalue weighted by molar-refractivity contribution is 5.76. The summed E-state index contributed by atoms with van der Waals surface area (Å²) < 4.78 is 0. The highest BCUT2D eigenvalue weighted by atomic mass is 16.3. The van der Waals surface area contributed by atoms with E-state index >= 15 is 0 Å². The molecule has 0 spiro atoms. The van der Waals surface area contributed by atoms with Crippen molar-refractivity contribution in [2.75, 3.05) is 19.7 Å². The van der Waals surface area contributed by atoms with Crippen LogP contribution in [0.15, 0.2) is 0 Å². The molecule has 1 amide bonds. The van der Waals surface area contributed by atoms with E-state index in [1.165, 1.54) is 0 Å². The quantitative estimate of drug-likeness (QED) is 0.713. The molecule has 0 aliphatic carbocycles. The minimum atomic E-state index is 0.218. The molecule has 1 rings (SSSR count). The number of rotatable bonds is 3. The van der Waals surface area contributed by atoms with Crippen molar-refractivity contribution in [1.29, 1.82) is 0 Å². The number of amides is 1. The van der Waals surface area contributed by atoms with Gasteiger partial charge in [-0.05, 0) is 25.2 Å². The van der Waals surface area contributed by atoms with Crippen LogP contribution < -0.4 is 0 Å². The summed E-state index contributed by atoms with van der Waals surface area (Å²) in [6.45, 7) is 3.88. The first-order valence-corrected chi connectivity index (χ1v) is 5.16. The lowest BCUT2D eigenvalue weighted by atomic mass is 9.99. The third-order valence-electron chi connectivity index (χ3n) is 2.59. The zero-order valence-electron chi connectivity index (χ0n) is 8.33. The van der Waals surface area contributed by atoms with E-state index in [1.807, 2.05) is 11.8 Å². The molecule has 3 heteroatoms. The van der Waals surface area contributed by atoms with Gasteiger partial charge in [-0.25, -0.2) is 0 Å². The maximum Gasteiger partial charge on any atom is 0.222 e. The average Bonchev–Trinajstić information content (AvgIpc) is 2.18. The number of aliphatic hydroxyl groups is 1. The molecule has 0 aromatic rings. The smallest absolute Gasteiger partial charge is 0.222 e. The Hall–Kier alpha value is -0.570. The van der Waals surface area contributed by atoms with Gasteiger partial charge in [0.05, 0.1) is 0 Å². The predicted octanol–water partition coefficient (Wildman–Crippen LogP) is 1.02. The van der Waals surface area contributed by atoms with Gasteiger partial charge in [0.25, 0.3) is 0 Å². The number of hydrogen-bond donors (Lipinski definition) is 1. The molecular formula is C10H19NO2. The average molecular weight is 185 g/mol. The van der Waals surface area contributed by atoms with Gasteiger partial charge in [-0.2, -0.15) is 0 Å². The van der Waals surface area contributed by atoms with E-state index in [-0.39, 0.29) is 12.5 Å². The second-order valence-electron chi connectivity index (χ2n) is 3.78. The minimum Gasteiger partial charge on any atom is -0.396 e. The van der Waals surface area contributed by atoms with E-state index in [0.717, 1.165) is 32.4 Å². The largest absolute Gasteiger partial charge is 0.396 e. The van der Waals surface area contributed by atoms with Crippen molar-refractivity contribution in [3.63, 3.8) is 0 Å². The molecular weight excluding hydrogens is 166 g/mol. The van der Waals surface area contributed by atoms with Gasteiger partial charge in [-0.1, -0.05) is 6.92 Å². The van der Waals surface area contributed by atoms with Crippen LogP contribution in [0.4, 0.5) is 0 Å². The van der Waals surface area contributed by atoms with Gasteiger partial charge in [0.1, 0.15) is 0 Å². The molecule has 1 heterocycles. The van der Waals surface area contributed by atoms with Gasteiger partial charge >= 0.3 is 0 Å². The summed E-state index contributed by atoms with van der Waals surface area (Å²) in [7, 11) is 0. The Morgan fingerprint density at radius 3 is 3.00 bits per heavy atom. The second kappa shape index (κ2) is 5.22. The monoisotopic (exact) mass is 185 g/mol. The van der Waals surface area contributed by atoms with Crippen molar-refractivity contribution >= 4 is 5.91 Å². The van der Waals surface area contributed by atoms with Crippen LogP contribution in [0, 0.1) is 5.92 Å². The summed E-state index contributed by atoms with van der Waals surface area (Å²) in [4.78, 5) is 13.4. The van der Waals surface area contributed by atoms with Crippen LogP contribution in [-0.4, -0.2) is 35.6 Å². The second-order valence-corrected chi connectivity index (χ2v) is 3.78. The Labute approximate surface area is 79.7 Å². The molecule has 1 saturated heterocycles. The first kappa shape index (κ1) is 10.5. The van der Waals surface area contributed by atoms with E-state index in [0.29, 0.717) is 12.3 Å². The molecule has 3 nitrogen and oxygen atoms in total. The third-order valence-corrected chi connectivity index (χ3v) is 2.59. The number of nitrogens with zero attached hydrogens (tertiary/aromatic N) is 1. The zero-order chi connectivity index (χ0) is 9.68. The molecule has 13 heavy (non-hydrogen) atoms. The first-order valence-electron chi connectivity index (χ1n) is 5.16. The van der Waals surface area contributed by atoms with Gasteiger partial charge in [0, 0.05) is 26.1 Å². The topological polar surface area (TPSA) is 40.5 Å². The SMILES string of the molecule is CCCC(=O)N1CCC[C@H](CO)C1. The van der Waals surface area contributed by atoms with Gasteiger partial charge in [-0.3, -0.25) is 4.79 Å². The van der Waals surface area contributed by atoms with Crippen LogP contribution in [0.3, 0.4) is 0 Å². The lowest BCUT2D eigenvalue weighted by Crippen LogP contribution is -2.40. The Morgan fingerprint density at radius 2 is 2.38 bits per heavy atom. The summed E-state index contributed by atoms with van der Waals surface area (Å²) in [5.41, 5.74) is 0. The number of piperidine rings is 1. The molecule has 0 saturated carbocycles. The van der Waals surface area contributed by atoms with Crippen molar-refractivity contribution < 1.29 is 9.90 Å². The summed E-state index contributed by atoms with van der Waals surface area (Å²) >= 11 is 0. The molecule has 1 atom stereocenters. The Morgan fingerprint density at radius 1 is 1.62 bits per heavy atom. The Bertz CT molecular complexity index is 170. The van der Waals surface area contributed by atoms with Crippen molar-refractivity contribution in [3.8, 4) is 0 Å². The van der Waals surface area contributed by atoms with Gasteiger partial charge in [0.15, 0.2) is 0 Å². The fourth-order valence-electron chi connectivity index (χ4n) is 1.81. The summed E-state index contributed by atoms with van der Waals surface area (Å²) in [5.74, 6) is 0.565.